The number of amides is 1. The number of carbonyl (C=O) groups excluding carboxylic acids is 1. The van der Waals surface area contributed by atoms with Crippen LogP contribution in [-0.2, 0) is 11.2 Å². The van der Waals surface area contributed by atoms with Crippen molar-refractivity contribution in [3.63, 3.8) is 0 Å². The summed E-state index contributed by atoms with van der Waals surface area (Å²) in [7, 11) is 1.64. The molecule has 33 heavy (non-hydrogen) atoms. The predicted molar refractivity (Wildman–Crippen MR) is 122 cm³/mol. The average molecular weight is 447 g/mol. The third-order valence-corrected chi connectivity index (χ3v) is 6.21. The molecule has 5 rings (SSSR count). The second kappa shape index (κ2) is 9.40. The number of likely N-dealkylation sites (tertiary alicyclic amines) is 1. The van der Waals surface area contributed by atoms with Crippen molar-refractivity contribution in [3.8, 4) is 11.5 Å². The van der Waals surface area contributed by atoms with Crippen LogP contribution in [0, 0.1) is 5.92 Å². The number of benzene rings is 1. The minimum absolute atomic E-state index is 0.157. The van der Waals surface area contributed by atoms with Crippen LogP contribution in [0.1, 0.15) is 30.0 Å². The molecule has 0 spiro atoms. The standard InChI is InChI=1S/C24H26N6O3/c1-32-19-3-4-21-17(12-19)11-18(15-33-21)23(31)30-9-5-16(6-10-30)20-13-25-14-22(28-20)29-24-26-7-2-8-27-24/h2-4,7-8,12-14,16,18H,5-6,9-11,15H2,1H3,(H,26,27,28,29). The van der Waals surface area contributed by atoms with Gasteiger partial charge in [-0.05, 0) is 49.1 Å². The van der Waals surface area contributed by atoms with E-state index in [1.165, 1.54) is 0 Å². The summed E-state index contributed by atoms with van der Waals surface area (Å²) in [4.78, 5) is 32.5. The summed E-state index contributed by atoms with van der Waals surface area (Å²) < 4.78 is 11.2. The molecule has 9 nitrogen and oxygen atoms in total. The minimum Gasteiger partial charge on any atom is -0.497 e. The lowest BCUT2D eigenvalue weighted by atomic mass is 9.91. The number of methoxy groups -OCH3 is 1. The molecule has 1 saturated heterocycles. The van der Waals surface area contributed by atoms with Crippen molar-refractivity contribution in [2.45, 2.75) is 25.2 Å². The Morgan fingerprint density at radius 1 is 1.18 bits per heavy atom. The summed E-state index contributed by atoms with van der Waals surface area (Å²) in [5, 5.41) is 3.09. The minimum atomic E-state index is -0.167. The largest absolute Gasteiger partial charge is 0.497 e. The van der Waals surface area contributed by atoms with E-state index < -0.39 is 0 Å². The van der Waals surface area contributed by atoms with Crippen LogP contribution in [-0.4, -0.2) is 57.5 Å². The molecule has 0 saturated carbocycles. The molecule has 1 fully saturated rings. The van der Waals surface area contributed by atoms with Gasteiger partial charge in [-0.25, -0.2) is 15.0 Å². The summed E-state index contributed by atoms with van der Waals surface area (Å²) in [6.07, 6.45) is 9.18. The predicted octanol–water partition coefficient (Wildman–Crippen LogP) is 2.98. The van der Waals surface area contributed by atoms with Gasteiger partial charge in [0.2, 0.25) is 11.9 Å². The van der Waals surface area contributed by atoms with Crippen LogP contribution in [0.15, 0.2) is 49.1 Å². The van der Waals surface area contributed by atoms with E-state index in [-0.39, 0.29) is 17.7 Å². The summed E-state index contributed by atoms with van der Waals surface area (Å²) in [5.41, 5.74) is 1.95. The van der Waals surface area contributed by atoms with Crippen LogP contribution in [0.25, 0.3) is 0 Å². The molecular formula is C24H26N6O3. The van der Waals surface area contributed by atoms with Crippen molar-refractivity contribution in [3.05, 3.63) is 60.3 Å². The Labute approximate surface area is 192 Å². The smallest absolute Gasteiger partial charge is 0.229 e. The number of nitrogens with one attached hydrogen (secondary N) is 1. The molecule has 1 unspecified atom stereocenters. The molecule has 2 aliphatic rings. The topological polar surface area (TPSA) is 102 Å². The second-order valence-corrected chi connectivity index (χ2v) is 8.31. The van der Waals surface area contributed by atoms with Crippen molar-refractivity contribution in [2.24, 2.45) is 5.92 Å². The quantitative estimate of drug-likeness (QED) is 0.638. The molecular weight excluding hydrogens is 420 g/mol. The lowest BCUT2D eigenvalue weighted by molar-refractivity contribution is -0.138. The third kappa shape index (κ3) is 4.72. The molecule has 2 aromatic heterocycles. The summed E-state index contributed by atoms with van der Waals surface area (Å²) in [6.45, 7) is 1.82. The normalized spacial score (nSPS) is 18.2. The Kier molecular flexibility index (Phi) is 6.01. The molecule has 1 amide bonds. The van der Waals surface area contributed by atoms with Gasteiger partial charge in [-0.2, -0.15) is 0 Å². The zero-order chi connectivity index (χ0) is 22.6. The molecule has 3 aromatic rings. The van der Waals surface area contributed by atoms with Crippen LogP contribution >= 0.6 is 0 Å². The fraction of sp³-hybridized carbons (Fsp3) is 0.375. The third-order valence-electron chi connectivity index (χ3n) is 6.21. The van der Waals surface area contributed by atoms with Gasteiger partial charge in [0.25, 0.3) is 0 Å². The highest BCUT2D eigenvalue weighted by atomic mass is 16.5. The van der Waals surface area contributed by atoms with Crippen molar-refractivity contribution in [1.29, 1.82) is 0 Å². The van der Waals surface area contributed by atoms with Gasteiger partial charge in [-0.3, -0.25) is 9.78 Å². The van der Waals surface area contributed by atoms with Crippen LogP contribution in [0.2, 0.25) is 0 Å². The zero-order valence-corrected chi connectivity index (χ0v) is 18.5. The maximum Gasteiger partial charge on any atom is 0.229 e. The van der Waals surface area contributed by atoms with E-state index in [0.717, 1.165) is 35.6 Å². The molecule has 170 valence electrons. The Bertz CT molecular complexity index is 1120. The molecule has 1 aromatic carbocycles. The van der Waals surface area contributed by atoms with E-state index in [0.29, 0.717) is 37.9 Å². The maximum atomic E-state index is 13.2. The molecule has 9 heteroatoms. The number of anilines is 2. The van der Waals surface area contributed by atoms with E-state index >= 15 is 0 Å². The number of hydrogen-bond donors (Lipinski definition) is 1. The molecule has 0 aliphatic carbocycles. The Hall–Kier alpha value is -3.75. The van der Waals surface area contributed by atoms with Gasteiger partial charge in [0, 0.05) is 37.6 Å². The first kappa shape index (κ1) is 21.1. The number of piperidine rings is 1. The molecule has 0 radical (unpaired) electrons. The molecule has 1 atom stereocenters. The van der Waals surface area contributed by atoms with Gasteiger partial charge in [-0.15, -0.1) is 0 Å². The number of rotatable bonds is 5. The first-order valence-electron chi connectivity index (χ1n) is 11.1. The zero-order valence-electron chi connectivity index (χ0n) is 18.5. The first-order valence-corrected chi connectivity index (χ1v) is 11.1. The van der Waals surface area contributed by atoms with Crippen molar-refractivity contribution in [2.75, 3.05) is 32.1 Å². The lowest BCUT2D eigenvalue weighted by Gasteiger charge is -2.35. The van der Waals surface area contributed by atoms with Crippen LogP contribution < -0.4 is 14.8 Å². The van der Waals surface area contributed by atoms with Gasteiger partial charge < -0.3 is 19.7 Å². The fourth-order valence-electron chi connectivity index (χ4n) is 4.43. The number of hydrogen-bond acceptors (Lipinski definition) is 8. The number of aromatic nitrogens is 4. The second-order valence-electron chi connectivity index (χ2n) is 8.31. The van der Waals surface area contributed by atoms with Gasteiger partial charge in [-0.1, -0.05) is 0 Å². The number of nitrogens with zero attached hydrogens (tertiary/aromatic N) is 5. The highest BCUT2D eigenvalue weighted by Gasteiger charge is 2.32. The Balaban J connectivity index is 1.19. The SMILES string of the molecule is COc1ccc2c(c1)CC(C(=O)N1CCC(c3cncc(Nc4ncccn4)n3)CC1)CO2. The van der Waals surface area contributed by atoms with E-state index in [9.17, 15) is 4.79 Å². The van der Waals surface area contributed by atoms with Gasteiger partial charge in [0.1, 0.15) is 18.1 Å². The highest BCUT2D eigenvalue weighted by molar-refractivity contribution is 5.80. The Morgan fingerprint density at radius 2 is 2.00 bits per heavy atom. The number of ether oxygens (including phenoxy) is 2. The summed E-state index contributed by atoms with van der Waals surface area (Å²) in [5.74, 6) is 2.97. The van der Waals surface area contributed by atoms with Gasteiger partial charge in [0.05, 0.1) is 24.9 Å². The molecule has 2 aliphatic heterocycles. The van der Waals surface area contributed by atoms with Crippen LogP contribution in [0.4, 0.5) is 11.8 Å². The van der Waals surface area contributed by atoms with Crippen LogP contribution in [0.5, 0.6) is 11.5 Å². The van der Waals surface area contributed by atoms with Gasteiger partial charge in [0.15, 0.2) is 5.82 Å². The first-order chi connectivity index (χ1) is 16.2. The monoisotopic (exact) mass is 446 g/mol. The number of carbonyl (C=O) groups is 1. The maximum absolute atomic E-state index is 13.2. The number of fused-ring (bicyclic) bond motifs is 1. The molecule has 1 N–H and O–H groups in total. The molecule has 0 bridgehead atoms. The molecule has 4 heterocycles. The van der Waals surface area contributed by atoms with Crippen molar-refractivity contribution >= 4 is 17.7 Å². The van der Waals surface area contributed by atoms with Crippen LogP contribution in [0.3, 0.4) is 0 Å². The Morgan fingerprint density at radius 3 is 2.79 bits per heavy atom. The van der Waals surface area contributed by atoms with E-state index in [1.807, 2.05) is 23.1 Å². The van der Waals surface area contributed by atoms with E-state index in [4.69, 9.17) is 14.5 Å². The summed E-state index contributed by atoms with van der Waals surface area (Å²) in [6, 6.07) is 7.51. The highest BCUT2D eigenvalue weighted by Crippen LogP contribution is 2.33. The van der Waals surface area contributed by atoms with Gasteiger partial charge >= 0.3 is 0 Å². The average Bonchev–Trinajstić information content (AvgIpc) is 2.88. The van der Waals surface area contributed by atoms with E-state index in [2.05, 4.69) is 20.3 Å². The lowest BCUT2D eigenvalue weighted by Crippen LogP contribution is -2.44. The van der Waals surface area contributed by atoms with E-state index in [1.54, 1.807) is 38.0 Å². The fourth-order valence-corrected chi connectivity index (χ4v) is 4.43. The van der Waals surface area contributed by atoms with Crippen molar-refractivity contribution in [1.82, 2.24) is 24.8 Å². The van der Waals surface area contributed by atoms with Crippen molar-refractivity contribution < 1.29 is 14.3 Å². The summed E-state index contributed by atoms with van der Waals surface area (Å²) >= 11 is 0.